The van der Waals surface area contributed by atoms with Crippen molar-refractivity contribution in [1.82, 2.24) is 14.7 Å². The number of halogens is 1. The van der Waals surface area contributed by atoms with Crippen LogP contribution in [0.5, 0.6) is 5.75 Å². The van der Waals surface area contributed by atoms with Gasteiger partial charge in [-0.15, -0.1) is 0 Å². The highest BCUT2D eigenvalue weighted by atomic mass is 19.1. The number of ether oxygens (including phenoxy) is 1. The molecular formula is C26H34FN3O4. The minimum Gasteiger partial charge on any atom is -0.508 e. The molecule has 7 nitrogen and oxygen atoms in total. The SMILES string of the molecule is CN(C(=O)OC(C)(C)C)[C@@H](Cc1ccc(O)cc1)C(=O)N1CCN(Cc2ccc(F)cc2)CC1. The molecule has 0 aliphatic carbocycles. The van der Waals surface area contributed by atoms with Crippen LogP contribution in [-0.4, -0.2) is 76.7 Å². The molecule has 34 heavy (non-hydrogen) atoms. The second kappa shape index (κ2) is 10.9. The fourth-order valence-corrected chi connectivity index (χ4v) is 3.89. The highest BCUT2D eigenvalue weighted by Crippen LogP contribution is 2.19. The molecular weight excluding hydrogens is 437 g/mol. The van der Waals surface area contributed by atoms with Crippen molar-refractivity contribution in [3.05, 3.63) is 65.5 Å². The number of piperazine rings is 1. The van der Waals surface area contributed by atoms with Gasteiger partial charge in [-0.3, -0.25) is 14.6 Å². The van der Waals surface area contributed by atoms with E-state index in [0.29, 0.717) is 39.1 Å². The third-order valence-electron chi connectivity index (χ3n) is 5.80. The average molecular weight is 472 g/mol. The normalized spacial score (nSPS) is 15.6. The molecule has 1 N–H and O–H groups in total. The first-order valence-electron chi connectivity index (χ1n) is 11.5. The van der Waals surface area contributed by atoms with E-state index in [0.717, 1.165) is 11.1 Å². The Bertz CT molecular complexity index is 965. The number of rotatable bonds is 6. The van der Waals surface area contributed by atoms with E-state index in [1.807, 2.05) is 0 Å². The lowest BCUT2D eigenvalue weighted by Crippen LogP contribution is -2.56. The van der Waals surface area contributed by atoms with Crippen LogP contribution in [0.25, 0.3) is 0 Å². The number of aromatic hydroxyl groups is 1. The monoisotopic (exact) mass is 471 g/mol. The van der Waals surface area contributed by atoms with Crippen LogP contribution in [0.15, 0.2) is 48.5 Å². The molecule has 0 spiro atoms. The van der Waals surface area contributed by atoms with Crippen molar-refractivity contribution in [3.63, 3.8) is 0 Å². The number of amides is 2. The molecule has 1 heterocycles. The van der Waals surface area contributed by atoms with Gasteiger partial charge in [-0.2, -0.15) is 0 Å². The zero-order chi connectivity index (χ0) is 24.9. The van der Waals surface area contributed by atoms with Crippen LogP contribution in [0.4, 0.5) is 9.18 Å². The molecule has 1 aliphatic rings. The Labute approximate surface area is 200 Å². The average Bonchev–Trinajstić information content (AvgIpc) is 2.79. The Hall–Kier alpha value is -3.13. The van der Waals surface area contributed by atoms with Crippen molar-refractivity contribution in [2.75, 3.05) is 33.2 Å². The summed E-state index contributed by atoms with van der Waals surface area (Å²) in [4.78, 5) is 31.7. The van der Waals surface area contributed by atoms with Gasteiger partial charge >= 0.3 is 6.09 Å². The number of benzene rings is 2. The Morgan fingerprint density at radius 3 is 2.12 bits per heavy atom. The summed E-state index contributed by atoms with van der Waals surface area (Å²) in [6.45, 7) is 8.50. The maximum atomic E-state index is 13.6. The molecule has 3 rings (SSSR count). The topological polar surface area (TPSA) is 73.3 Å². The molecule has 184 valence electrons. The van der Waals surface area contributed by atoms with Gasteiger partial charge in [-0.05, 0) is 56.2 Å². The van der Waals surface area contributed by atoms with Gasteiger partial charge in [0.05, 0.1) is 0 Å². The number of hydrogen-bond donors (Lipinski definition) is 1. The first-order valence-corrected chi connectivity index (χ1v) is 11.5. The molecule has 2 aromatic rings. The van der Waals surface area contributed by atoms with E-state index in [9.17, 15) is 19.1 Å². The van der Waals surface area contributed by atoms with Crippen molar-refractivity contribution < 1.29 is 23.8 Å². The minimum absolute atomic E-state index is 0.136. The number of carbonyl (C=O) groups excluding carboxylic acids is 2. The zero-order valence-corrected chi connectivity index (χ0v) is 20.3. The summed E-state index contributed by atoms with van der Waals surface area (Å²) in [5, 5.41) is 9.59. The summed E-state index contributed by atoms with van der Waals surface area (Å²) in [6, 6.07) is 12.4. The van der Waals surface area contributed by atoms with Crippen molar-refractivity contribution >= 4 is 12.0 Å². The maximum absolute atomic E-state index is 13.6. The van der Waals surface area contributed by atoms with E-state index >= 15 is 0 Å². The number of carbonyl (C=O) groups is 2. The van der Waals surface area contributed by atoms with Gasteiger partial charge in [0.25, 0.3) is 0 Å². The highest BCUT2D eigenvalue weighted by Gasteiger charge is 2.34. The number of nitrogens with zero attached hydrogens (tertiary/aromatic N) is 3. The summed E-state index contributed by atoms with van der Waals surface area (Å²) in [7, 11) is 1.59. The van der Waals surface area contributed by atoms with Crippen molar-refractivity contribution in [2.24, 2.45) is 0 Å². The number of likely N-dealkylation sites (N-methyl/N-ethyl adjacent to an activating group) is 1. The predicted octanol–water partition coefficient (Wildman–Crippen LogP) is 3.65. The van der Waals surface area contributed by atoms with Gasteiger partial charge in [0.1, 0.15) is 23.2 Å². The van der Waals surface area contributed by atoms with E-state index in [1.165, 1.54) is 17.0 Å². The zero-order valence-electron chi connectivity index (χ0n) is 20.3. The molecule has 2 amide bonds. The van der Waals surface area contributed by atoms with E-state index in [1.54, 1.807) is 69.1 Å². The molecule has 0 radical (unpaired) electrons. The molecule has 0 unspecified atom stereocenters. The van der Waals surface area contributed by atoms with Gasteiger partial charge in [-0.25, -0.2) is 9.18 Å². The third-order valence-corrected chi connectivity index (χ3v) is 5.80. The van der Waals surface area contributed by atoms with Crippen LogP contribution in [0.1, 0.15) is 31.9 Å². The lowest BCUT2D eigenvalue weighted by molar-refractivity contribution is -0.138. The van der Waals surface area contributed by atoms with Gasteiger partial charge in [-0.1, -0.05) is 24.3 Å². The van der Waals surface area contributed by atoms with E-state index in [-0.39, 0.29) is 17.5 Å². The van der Waals surface area contributed by atoms with Crippen molar-refractivity contribution in [3.8, 4) is 5.75 Å². The van der Waals surface area contributed by atoms with Crippen molar-refractivity contribution in [1.29, 1.82) is 0 Å². The number of phenols is 1. The molecule has 8 heteroatoms. The summed E-state index contributed by atoms with van der Waals surface area (Å²) in [5.74, 6) is -0.250. The van der Waals surface area contributed by atoms with Crippen LogP contribution in [-0.2, 0) is 22.5 Å². The Morgan fingerprint density at radius 1 is 1.00 bits per heavy atom. The van der Waals surface area contributed by atoms with Crippen LogP contribution >= 0.6 is 0 Å². The van der Waals surface area contributed by atoms with Crippen LogP contribution in [0, 0.1) is 5.82 Å². The fourth-order valence-electron chi connectivity index (χ4n) is 3.89. The number of phenolic OH excluding ortho intramolecular Hbond substituents is 1. The quantitative estimate of drug-likeness (QED) is 0.696. The molecule has 0 aromatic heterocycles. The summed E-state index contributed by atoms with van der Waals surface area (Å²) >= 11 is 0. The van der Waals surface area contributed by atoms with Gasteiger partial charge < -0.3 is 14.7 Å². The summed E-state index contributed by atoms with van der Waals surface area (Å²) in [5.41, 5.74) is 1.18. The molecule has 1 aliphatic heterocycles. The van der Waals surface area contributed by atoms with Crippen LogP contribution < -0.4 is 0 Å². The Balaban J connectivity index is 1.68. The highest BCUT2D eigenvalue weighted by molar-refractivity contribution is 5.86. The smallest absolute Gasteiger partial charge is 0.410 e. The van der Waals surface area contributed by atoms with E-state index < -0.39 is 17.7 Å². The number of hydrogen-bond acceptors (Lipinski definition) is 5. The van der Waals surface area contributed by atoms with Crippen LogP contribution in [0.3, 0.4) is 0 Å². The summed E-state index contributed by atoms with van der Waals surface area (Å²) < 4.78 is 18.7. The maximum Gasteiger partial charge on any atom is 0.410 e. The standard InChI is InChI=1S/C26H34FN3O4/c1-26(2,3)34-25(33)28(4)23(17-19-7-11-22(31)12-8-19)24(32)30-15-13-29(14-16-30)18-20-5-9-21(27)10-6-20/h5-12,23,31H,13-18H2,1-4H3/t23-/m0/s1. The van der Waals surface area contributed by atoms with E-state index in [4.69, 9.17) is 4.74 Å². The third kappa shape index (κ3) is 7.18. The first-order chi connectivity index (χ1) is 16.0. The van der Waals surface area contributed by atoms with Gasteiger partial charge in [0.2, 0.25) is 5.91 Å². The molecule has 0 bridgehead atoms. The molecule has 2 aromatic carbocycles. The molecule has 1 fully saturated rings. The largest absolute Gasteiger partial charge is 0.508 e. The fraction of sp³-hybridized carbons (Fsp3) is 0.462. The lowest BCUT2D eigenvalue weighted by atomic mass is 10.0. The first kappa shape index (κ1) is 25.5. The minimum atomic E-state index is -0.733. The van der Waals surface area contributed by atoms with E-state index in [2.05, 4.69) is 4.90 Å². The Kier molecular flexibility index (Phi) is 8.15. The Morgan fingerprint density at radius 2 is 1.56 bits per heavy atom. The van der Waals surface area contributed by atoms with Gasteiger partial charge in [0, 0.05) is 46.2 Å². The van der Waals surface area contributed by atoms with Crippen molar-refractivity contribution in [2.45, 2.75) is 45.4 Å². The lowest BCUT2D eigenvalue weighted by Gasteiger charge is -2.38. The van der Waals surface area contributed by atoms with Gasteiger partial charge in [0.15, 0.2) is 0 Å². The second-order valence-electron chi connectivity index (χ2n) is 9.71. The molecule has 1 saturated heterocycles. The second-order valence-corrected chi connectivity index (χ2v) is 9.71. The molecule has 0 saturated carbocycles. The summed E-state index contributed by atoms with van der Waals surface area (Å²) in [6.07, 6.45) is -0.246. The molecule has 1 atom stereocenters. The predicted molar refractivity (Wildman–Crippen MR) is 128 cm³/mol. The van der Waals surface area contributed by atoms with Crippen LogP contribution in [0.2, 0.25) is 0 Å².